The summed E-state index contributed by atoms with van der Waals surface area (Å²) in [5.74, 6) is 0. The van der Waals surface area contributed by atoms with E-state index in [1.165, 1.54) is 11.3 Å². The maximum Gasteiger partial charge on any atom is 0.321 e. The van der Waals surface area contributed by atoms with Crippen LogP contribution in [0.5, 0.6) is 0 Å². The van der Waals surface area contributed by atoms with Gasteiger partial charge in [0.1, 0.15) is 5.51 Å². The zero-order valence-corrected chi connectivity index (χ0v) is 12.6. The van der Waals surface area contributed by atoms with E-state index < -0.39 is 0 Å². The molecule has 2 aromatic rings. The van der Waals surface area contributed by atoms with Crippen molar-refractivity contribution in [1.29, 1.82) is 0 Å². The second-order valence-electron chi connectivity index (χ2n) is 5.16. The lowest BCUT2D eigenvalue weighted by Gasteiger charge is -2.30. The molecule has 1 atom stereocenters. The quantitative estimate of drug-likeness (QED) is 0.911. The van der Waals surface area contributed by atoms with Crippen LogP contribution in [0.1, 0.15) is 31.7 Å². The molecule has 0 radical (unpaired) electrons. The van der Waals surface area contributed by atoms with Crippen molar-refractivity contribution >= 4 is 33.8 Å². The summed E-state index contributed by atoms with van der Waals surface area (Å²) in [6.07, 6.45) is 0. The predicted molar refractivity (Wildman–Crippen MR) is 78.6 cm³/mol. The highest BCUT2D eigenvalue weighted by molar-refractivity contribution is 7.13. The number of hydrogen-bond acceptors (Lipinski definition) is 5. The molecule has 0 spiro atoms. The minimum Gasteiger partial charge on any atom is -0.330 e. The maximum atomic E-state index is 12.0. The summed E-state index contributed by atoms with van der Waals surface area (Å²) in [4.78, 5) is 13.1. The molecule has 2 N–H and O–H groups in total. The lowest BCUT2D eigenvalue weighted by molar-refractivity contribution is 0.230. The lowest BCUT2D eigenvalue weighted by atomic mass is 9.86. The average Bonchev–Trinajstić information content (AvgIpc) is 2.96. The number of urea groups is 1. The van der Waals surface area contributed by atoms with Crippen molar-refractivity contribution in [2.24, 2.45) is 5.41 Å². The van der Waals surface area contributed by atoms with Gasteiger partial charge in [-0.05, 0) is 16.9 Å². The van der Waals surface area contributed by atoms with Gasteiger partial charge in [0.25, 0.3) is 0 Å². The van der Waals surface area contributed by atoms with Gasteiger partial charge in [-0.3, -0.25) is 5.32 Å². The van der Waals surface area contributed by atoms with Crippen LogP contribution in [0.2, 0.25) is 0 Å². The first-order chi connectivity index (χ1) is 8.97. The maximum absolute atomic E-state index is 12.0. The molecule has 5 nitrogen and oxygen atoms in total. The summed E-state index contributed by atoms with van der Waals surface area (Å²) < 4.78 is 0. The van der Waals surface area contributed by atoms with Crippen molar-refractivity contribution in [3.8, 4) is 0 Å². The molecule has 7 heteroatoms. The highest BCUT2D eigenvalue weighted by atomic mass is 32.1. The van der Waals surface area contributed by atoms with Crippen LogP contribution in [-0.2, 0) is 0 Å². The van der Waals surface area contributed by atoms with E-state index >= 15 is 0 Å². The zero-order valence-electron chi connectivity index (χ0n) is 11.0. The van der Waals surface area contributed by atoms with Gasteiger partial charge in [0, 0.05) is 4.88 Å². The van der Waals surface area contributed by atoms with Crippen LogP contribution in [0.4, 0.5) is 9.93 Å². The Morgan fingerprint density at radius 3 is 2.68 bits per heavy atom. The fourth-order valence-electron chi connectivity index (χ4n) is 1.66. The third kappa shape index (κ3) is 3.74. The van der Waals surface area contributed by atoms with Crippen molar-refractivity contribution in [3.05, 3.63) is 27.9 Å². The third-order valence-corrected chi connectivity index (χ3v) is 4.09. The van der Waals surface area contributed by atoms with Crippen LogP contribution in [0.25, 0.3) is 0 Å². The number of amides is 2. The Morgan fingerprint density at radius 2 is 2.16 bits per heavy atom. The van der Waals surface area contributed by atoms with Crippen molar-refractivity contribution in [1.82, 2.24) is 15.5 Å². The van der Waals surface area contributed by atoms with E-state index in [0.717, 1.165) is 4.88 Å². The Bertz CT molecular complexity index is 516. The van der Waals surface area contributed by atoms with Crippen molar-refractivity contribution in [3.63, 3.8) is 0 Å². The third-order valence-electron chi connectivity index (χ3n) is 2.55. The topological polar surface area (TPSA) is 66.9 Å². The molecule has 2 rings (SSSR count). The number of nitrogens with one attached hydrogen (secondary N) is 2. The molecule has 0 aliphatic rings. The summed E-state index contributed by atoms with van der Waals surface area (Å²) in [7, 11) is 0. The van der Waals surface area contributed by atoms with Crippen molar-refractivity contribution in [2.75, 3.05) is 5.32 Å². The molecule has 0 aliphatic carbocycles. The molecular formula is C12H16N4OS2. The smallest absolute Gasteiger partial charge is 0.321 e. The SMILES string of the molecule is CC(C)(C)C(NC(=O)Nc1nncs1)c1cccs1. The highest BCUT2D eigenvalue weighted by Crippen LogP contribution is 2.35. The summed E-state index contributed by atoms with van der Waals surface area (Å²) >= 11 is 2.93. The van der Waals surface area contributed by atoms with E-state index in [4.69, 9.17) is 0 Å². The molecule has 19 heavy (non-hydrogen) atoms. The van der Waals surface area contributed by atoms with Gasteiger partial charge in [-0.1, -0.05) is 38.2 Å². The van der Waals surface area contributed by atoms with Crippen LogP contribution < -0.4 is 10.6 Å². The number of thiophene rings is 1. The first-order valence-corrected chi connectivity index (χ1v) is 7.60. The minimum absolute atomic E-state index is 0.0413. The van der Waals surface area contributed by atoms with Gasteiger partial charge >= 0.3 is 6.03 Å². The van der Waals surface area contributed by atoms with E-state index in [-0.39, 0.29) is 17.5 Å². The molecule has 0 saturated heterocycles. The number of hydrogen-bond donors (Lipinski definition) is 2. The Kier molecular flexibility index (Phi) is 4.16. The Balaban J connectivity index is 2.07. The van der Waals surface area contributed by atoms with Crippen LogP contribution in [-0.4, -0.2) is 16.2 Å². The van der Waals surface area contributed by atoms with E-state index in [9.17, 15) is 4.79 Å². The lowest BCUT2D eigenvalue weighted by Crippen LogP contribution is -2.38. The van der Waals surface area contributed by atoms with Crippen molar-refractivity contribution < 1.29 is 4.79 Å². The molecule has 102 valence electrons. The number of anilines is 1. The minimum atomic E-state index is -0.259. The van der Waals surface area contributed by atoms with E-state index in [2.05, 4.69) is 41.6 Å². The predicted octanol–water partition coefficient (Wildman–Crippen LogP) is 3.51. The zero-order chi connectivity index (χ0) is 13.9. The van der Waals surface area contributed by atoms with Gasteiger partial charge < -0.3 is 5.32 Å². The summed E-state index contributed by atoms with van der Waals surface area (Å²) in [6.45, 7) is 6.30. The Labute approximate surface area is 120 Å². The standard InChI is InChI=1S/C12H16N4OS2/c1-12(2,3)9(8-5-4-6-18-8)14-10(17)15-11-16-13-7-19-11/h4-7,9H,1-3H3,(H2,14,15,16,17). The van der Waals surface area contributed by atoms with E-state index in [0.29, 0.717) is 5.13 Å². The van der Waals surface area contributed by atoms with Crippen LogP contribution >= 0.6 is 22.7 Å². The molecule has 1 unspecified atom stereocenters. The van der Waals surface area contributed by atoms with Gasteiger partial charge in [0.05, 0.1) is 6.04 Å². The molecule has 2 heterocycles. The molecule has 0 aromatic carbocycles. The highest BCUT2D eigenvalue weighted by Gasteiger charge is 2.28. The number of carbonyl (C=O) groups excluding carboxylic acids is 1. The first kappa shape index (κ1) is 14.0. The number of nitrogens with zero attached hydrogens (tertiary/aromatic N) is 2. The van der Waals surface area contributed by atoms with Gasteiger partial charge in [-0.15, -0.1) is 21.5 Å². The van der Waals surface area contributed by atoms with Gasteiger partial charge in [-0.25, -0.2) is 4.79 Å². The van der Waals surface area contributed by atoms with Crippen molar-refractivity contribution in [2.45, 2.75) is 26.8 Å². The van der Waals surface area contributed by atoms with Crippen LogP contribution in [0, 0.1) is 5.41 Å². The second kappa shape index (κ2) is 5.66. The fourth-order valence-corrected chi connectivity index (χ4v) is 3.12. The molecule has 2 amide bonds. The van der Waals surface area contributed by atoms with Gasteiger partial charge in [0.15, 0.2) is 0 Å². The molecular weight excluding hydrogens is 280 g/mol. The molecule has 0 aliphatic heterocycles. The average molecular weight is 296 g/mol. The van der Waals surface area contributed by atoms with E-state index in [1.807, 2.05) is 17.5 Å². The largest absolute Gasteiger partial charge is 0.330 e. The summed E-state index contributed by atoms with van der Waals surface area (Å²) in [6, 6.07) is 3.72. The molecule has 0 saturated carbocycles. The first-order valence-electron chi connectivity index (χ1n) is 5.84. The summed E-state index contributed by atoms with van der Waals surface area (Å²) in [5.41, 5.74) is 1.51. The van der Waals surface area contributed by atoms with Crippen LogP contribution in [0.3, 0.4) is 0 Å². The molecule has 2 aromatic heterocycles. The second-order valence-corrected chi connectivity index (χ2v) is 6.97. The Morgan fingerprint density at radius 1 is 1.37 bits per heavy atom. The normalized spacial score (nSPS) is 13.0. The monoisotopic (exact) mass is 296 g/mol. The number of carbonyl (C=O) groups is 1. The number of aromatic nitrogens is 2. The van der Waals surface area contributed by atoms with Crippen LogP contribution in [0.15, 0.2) is 23.0 Å². The van der Waals surface area contributed by atoms with E-state index in [1.54, 1.807) is 16.8 Å². The fraction of sp³-hybridized carbons (Fsp3) is 0.417. The Hall–Kier alpha value is -1.47. The number of rotatable bonds is 3. The molecule has 0 bridgehead atoms. The van der Waals surface area contributed by atoms with Gasteiger partial charge in [-0.2, -0.15) is 0 Å². The molecule has 0 fully saturated rings. The van der Waals surface area contributed by atoms with Gasteiger partial charge in [0.2, 0.25) is 5.13 Å². The summed E-state index contributed by atoms with van der Waals surface area (Å²) in [5, 5.41) is 15.7.